The molecule has 2 atom stereocenters. The minimum absolute atomic E-state index is 0.0222. The summed E-state index contributed by atoms with van der Waals surface area (Å²) in [7, 11) is 1.75. The van der Waals surface area contributed by atoms with Gasteiger partial charge in [0.25, 0.3) is 0 Å². The van der Waals surface area contributed by atoms with Crippen LogP contribution in [0.25, 0.3) is 0 Å². The number of carboxylic acids is 1. The highest BCUT2D eigenvalue weighted by Crippen LogP contribution is 2.31. The maximum Gasteiger partial charge on any atom is 0.306 e. The fourth-order valence-electron chi connectivity index (χ4n) is 2.88. The molecule has 0 spiro atoms. The van der Waals surface area contributed by atoms with E-state index < -0.39 is 5.97 Å². The Morgan fingerprint density at radius 3 is 2.67 bits per heavy atom. The van der Waals surface area contributed by atoms with Crippen LogP contribution in [0.3, 0.4) is 0 Å². The molecule has 0 aromatic heterocycles. The lowest BCUT2D eigenvalue weighted by atomic mass is 9.96. The van der Waals surface area contributed by atoms with Gasteiger partial charge in [0, 0.05) is 12.7 Å². The van der Waals surface area contributed by atoms with Crippen LogP contribution >= 0.6 is 0 Å². The second-order valence-electron chi connectivity index (χ2n) is 5.55. The third-order valence-corrected chi connectivity index (χ3v) is 4.18. The van der Waals surface area contributed by atoms with Crippen molar-refractivity contribution in [2.75, 3.05) is 25.0 Å². The first kappa shape index (κ1) is 15.5. The Labute approximate surface area is 125 Å². The van der Waals surface area contributed by atoms with Crippen LogP contribution < -0.4 is 10.2 Å². The van der Waals surface area contributed by atoms with Crippen LogP contribution in [0.5, 0.6) is 0 Å². The summed E-state index contributed by atoms with van der Waals surface area (Å²) >= 11 is 0. The zero-order valence-corrected chi connectivity index (χ0v) is 12.3. The van der Waals surface area contributed by atoms with E-state index in [9.17, 15) is 9.59 Å². The number of hydrogen-bond acceptors (Lipinski definition) is 3. The number of carboxylic acid groups (broad SMARTS) is 1. The van der Waals surface area contributed by atoms with Gasteiger partial charge in [0.2, 0.25) is 5.91 Å². The minimum Gasteiger partial charge on any atom is -0.481 e. The molecule has 0 saturated heterocycles. The molecule has 5 nitrogen and oxygen atoms in total. The number of hydrogen-bond donors (Lipinski definition) is 2. The number of amides is 1. The van der Waals surface area contributed by atoms with Crippen LogP contribution in [0, 0.1) is 11.8 Å². The quantitative estimate of drug-likeness (QED) is 0.837. The van der Waals surface area contributed by atoms with Crippen molar-refractivity contribution in [2.24, 2.45) is 11.8 Å². The van der Waals surface area contributed by atoms with E-state index in [1.807, 2.05) is 30.3 Å². The van der Waals surface area contributed by atoms with Crippen molar-refractivity contribution in [1.29, 1.82) is 0 Å². The molecule has 1 amide bonds. The van der Waals surface area contributed by atoms with Crippen molar-refractivity contribution in [1.82, 2.24) is 5.32 Å². The summed E-state index contributed by atoms with van der Waals surface area (Å²) < 4.78 is 0. The van der Waals surface area contributed by atoms with Gasteiger partial charge >= 0.3 is 5.97 Å². The highest BCUT2D eigenvalue weighted by molar-refractivity contribution is 5.94. The number of para-hydroxylation sites is 1. The lowest BCUT2D eigenvalue weighted by Crippen LogP contribution is -2.38. The Kier molecular flexibility index (Phi) is 5.33. The molecule has 1 aromatic rings. The molecule has 5 heteroatoms. The number of anilines is 1. The smallest absolute Gasteiger partial charge is 0.306 e. The third-order valence-electron chi connectivity index (χ3n) is 4.18. The van der Waals surface area contributed by atoms with E-state index in [0.29, 0.717) is 6.54 Å². The van der Waals surface area contributed by atoms with E-state index in [0.717, 1.165) is 24.9 Å². The van der Waals surface area contributed by atoms with Crippen molar-refractivity contribution in [3.63, 3.8) is 0 Å². The van der Waals surface area contributed by atoms with Gasteiger partial charge in [-0.05, 0) is 37.4 Å². The van der Waals surface area contributed by atoms with E-state index in [4.69, 9.17) is 5.11 Å². The molecule has 0 heterocycles. The molecule has 1 fully saturated rings. The van der Waals surface area contributed by atoms with Crippen LogP contribution in [-0.2, 0) is 9.59 Å². The number of nitrogens with zero attached hydrogens (tertiary/aromatic N) is 1. The fourth-order valence-corrected chi connectivity index (χ4v) is 2.88. The Bertz CT molecular complexity index is 490. The van der Waals surface area contributed by atoms with E-state index in [2.05, 4.69) is 5.32 Å². The SMILES string of the molecule is CN(C(=O)CNCC1CCCC1C(=O)O)c1ccccc1. The standard InChI is InChI=1S/C16H22N2O3/c1-18(13-7-3-2-4-8-13)15(19)11-17-10-12-6-5-9-14(12)16(20)21/h2-4,7-8,12,14,17H,5-6,9-11H2,1H3,(H,20,21). The average Bonchev–Trinajstić information content (AvgIpc) is 2.96. The Morgan fingerprint density at radius 1 is 1.29 bits per heavy atom. The third kappa shape index (κ3) is 4.04. The molecule has 0 aliphatic heterocycles. The number of nitrogens with one attached hydrogen (secondary N) is 1. The number of carbonyl (C=O) groups is 2. The lowest BCUT2D eigenvalue weighted by molar-refractivity contribution is -0.142. The maximum atomic E-state index is 12.1. The summed E-state index contributed by atoms with van der Waals surface area (Å²) in [5, 5.41) is 12.2. The molecule has 2 rings (SSSR count). The molecule has 1 aliphatic rings. The Hall–Kier alpha value is -1.88. The largest absolute Gasteiger partial charge is 0.481 e. The van der Waals surface area contributed by atoms with Crippen molar-refractivity contribution in [2.45, 2.75) is 19.3 Å². The van der Waals surface area contributed by atoms with Crippen LogP contribution in [0.1, 0.15) is 19.3 Å². The predicted molar refractivity (Wildman–Crippen MR) is 81.2 cm³/mol. The Balaban J connectivity index is 1.78. The van der Waals surface area contributed by atoms with E-state index in [1.54, 1.807) is 11.9 Å². The molecule has 114 valence electrons. The van der Waals surface area contributed by atoms with Crippen LogP contribution in [-0.4, -0.2) is 37.1 Å². The number of benzene rings is 1. The number of likely N-dealkylation sites (N-methyl/N-ethyl adjacent to an activating group) is 1. The summed E-state index contributed by atoms with van der Waals surface area (Å²) in [5.74, 6) is -0.866. The van der Waals surface area contributed by atoms with Crippen molar-refractivity contribution < 1.29 is 14.7 Å². The second kappa shape index (κ2) is 7.22. The summed E-state index contributed by atoms with van der Waals surface area (Å²) in [6.07, 6.45) is 2.63. The maximum absolute atomic E-state index is 12.1. The second-order valence-corrected chi connectivity index (χ2v) is 5.55. The van der Waals surface area contributed by atoms with E-state index in [-0.39, 0.29) is 24.3 Å². The zero-order valence-electron chi connectivity index (χ0n) is 12.3. The minimum atomic E-state index is -0.716. The van der Waals surface area contributed by atoms with Crippen LogP contribution in [0.15, 0.2) is 30.3 Å². The molecular formula is C16H22N2O3. The van der Waals surface area contributed by atoms with Crippen LogP contribution in [0.2, 0.25) is 0 Å². The van der Waals surface area contributed by atoms with Gasteiger partial charge in [0.1, 0.15) is 0 Å². The van der Waals surface area contributed by atoms with Gasteiger partial charge in [-0.1, -0.05) is 24.6 Å². The molecule has 0 bridgehead atoms. The van der Waals surface area contributed by atoms with Crippen molar-refractivity contribution in [3.05, 3.63) is 30.3 Å². The first-order valence-corrected chi connectivity index (χ1v) is 7.34. The van der Waals surface area contributed by atoms with E-state index in [1.165, 1.54) is 0 Å². The molecular weight excluding hydrogens is 268 g/mol. The van der Waals surface area contributed by atoms with Gasteiger partial charge < -0.3 is 15.3 Å². The predicted octanol–water partition coefficient (Wildman–Crippen LogP) is 1.74. The van der Waals surface area contributed by atoms with Gasteiger partial charge in [0.15, 0.2) is 0 Å². The number of aliphatic carboxylic acids is 1. The number of rotatable bonds is 6. The molecule has 2 unspecified atom stereocenters. The topological polar surface area (TPSA) is 69.6 Å². The normalized spacial score (nSPS) is 21.2. The summed E-state index contributed by atoms with van der Waals surface area (Å²) in [6.45, 7) is 0.819. The number of carbonyl (C=O) groups excluding carboxylic acids is 1. The highest BCUT2D eigenvalue weighted by Gasteiger charge is 2.32. The molecule has 1 saturated carbocycles. The van der Waals surface area contributed by atoms with Crippen molar-refractivity contribution in [3.8, 4) is 0 Å². The lowest BCUT2D eigenvalue weighted by Gasteiger charge is -2.19. The Morgan fingerprint density at radius 2 is 2.00 bits per heavy atom. The monoisotopic (exact) mass is 290 g/mol. The average molecular weight is 290 g/mol. The molecule has 1 aromatic carbocycles. The van der Waals surface area contributed by atoms with Gasteiger partial charge in [-0.3, -0.25) is 9.59 Å². The zero-order chi connectivity index (χ0) is 15.2. The van der Waals surface area contributed by atoms with Gasteiger partial charge in [0.05, 0.1) is 12.5 Å². The van der Waals surface area contributed by atoms with E-state index >= 15 is 0 Å². The summed E-state index contributed by atoms with van der Waals surface area (Å²) in [6, 6.07) is 9.46. The first-order valence-electron chi connectivity index (χ1n) is 7.34. The van der Waals surface area contributed by atoms with Gasteiger partial charge in [-0.25, -0.2) is 0 Å². The molecule has 1 aliphatic carbocycles. The summed E-state index contributed by atoms with van der Waals surface area (Å²) in [4.78, 5) is 24.8. The molecule has 0 radical (unpaired) electrons. The fraction of sp³-hybridized carbons (Fsp3) is 0.500. The van der Waals surface area contributed by atoms with Gasteiger partial charge in [-0.2, -0.15) is 0 Å². The molecule has 21 heavy (non-hydrogen) atoms. The van der Waals surface area contributed by atoms with Gasteiger partial charge in [-0.15, -0.1) is 0 Å². The van der Waals surface area contributed by atoms with Crippen LogP contribution in [0.4, 0.5) is 5.69 Å². The molecule has 2 N–H and O–H groups in total. The first-order chi connectivity index (χ1) is 10.1. The van der Waals surface area contributed by atoms with Crippen molar-refractivity contribution >= 4 is 17.6 Å². The highest BCUT2D eigenvalue weighted by atomic mass is 16.4. The summed E-state index contributed by atoms with van der Waals surface area (Å²) in [5.41, 5.74) is 0.855.